The van der Waals surface area contributed by atoms with Gasteiger partial charge in [-0.15, -0.1) is 11.3 Å². The van der Waals surface area contributed by atoms with Crippen molar-refractivity contribution in [1.29, 1.82) is 5.41 Å². The molecule has 1 heterocycles. The SMILES string of the molecule is CC(=O)N[C@H](C)CC(=N)Cc1ccc(C(=O)Nc2cc(-c3cccs3)ccc2N)cc1. The molecule has 0 aliphatic heterocycles. The molecule has 3 rings (SSSR count). The molecule has 2 amide bonds. The fourth-order valence-corrected chi connectivity index (χ4v) is 4.04. The quantitative estimate of drug-likeness (QED) is 0.304. The van der Waals surface area contributed by atoms with Gasteiger partial charge in [0.1, 0.15) is 0 Å². The molecule has 1 atom stereocenters. The van der Waals surface area contributed by atoms with Crippen LogP contribution in [0.2, 0.25) is 0 Å². The van der Waals surface area contributed by atoms with E-state index >= 15 is 0 Å². The number of nitrogens with one attached hydrogen (secondary N) is 3. The van der Waals surface area contributed by atoms with E-state index in [-0.39, 0.29) is 17.9 Å². The zero-order valence-electron chi connectivity index (χ0n) is 17.6. The molecule has 7 heteroatoms. The molecule has 0 radical (unpaired) electrons. The van der Waals surface area contributed by atoms with Gasteiger partial charge in [0.15, 0.2) is 0 Å². The van der Waals surface area contributed by atoms with E-state index in [0.29, 0.717) is 35.5 Å². The predicted molar refractivity (Wildman–Crippen MR) is 128 cm³/mol. The van der Waals surface area contributed by atoms with Crippen LogP contribution in [0.4, 0.5) is 11.4 Å². The van der Waals surface area contributed by atoms with E-state index in [1.165, 1.54) is 6.92 Å². The second-order valence-corrected chi connectivity index (χ2v) is 8.46. The van der Waals surface area contributed by atoms with Crippen molar-refractivity contribution in [2.24, 2.45) is 0 Å². The Morgan fingerprint density at radius 1 is 1.13 bits per heavy atom. The van der Waals surface area contributed by atoms with Crippen molar-refractivity contribution in [1.82, 2.24) is 5.32 Å². The highest BCUT2D eigenvalue weighted by atomic mass is 32.1. The smallest absolute Gasteiger partial charge is 0.255 e. The summed E-state index contributed by atoms with van der Waals surface area (Å²) in [5.74, 6) is -0.340. The number of hydrogen-bond acceptors (Lipinski definition) is 5. The first kappa shape index (κ1) is 22.2. The number of nitrogens with two attached hydrogens (primary N) is 1. The molecule has 0 bridgehead atoms. The van der Waals surface area contributed by atoms with Gasteiger partial charge in [-0.25, -0.2) is 0 Å². The molecule has 0 aliphatic carbocycles. The van der Waals surface area contributed by atoms with Crippen molar-refractivity contribution < 1.29 is 9.59 Å². The van der Waals surface area contributed by atoms with Gasteiger partial charge in [0.25, 0.3) is 5.91 Å². The molecule has 31 heavy (non-hydrogen) atoms. The Labute approximate surface area is 186 Å². The normalized spacial score (nSPS) is 11.5. The van der Waals surface area contributed by atoms with Gasteiger partial charge in [0, 0.05) is 42.0 Å². The van der Waals surface area contributed by atoms with Crippen LogP contribution in [0.15, 0.2) is 60.0 Å². The number of anilines is 2. The highest BCUT2D eigenvalue weighted by molar-refractivity contribution is 7.13. The van der Waals surface area contributed by atoms with Crippen LogP contribution in [0.1, 0.15) is 36.2 Å². The molecule has 2 aromatic carbocycles. The summed E-state index contributed by atoms with van der Waals surface area (Å²) >= 11 is 1.63. The van der Waals surface area contributed by atoms with E-state index in [9.17, 15) is 9.59 Å². The first-order valence-electron chi connectivity index (χ1n) is 9.99. The van der Waals surface area contributed by atoms with Gasteiger partial charge in [0.2, 0.25) is 5.91 Å². The topological polar surface area (TPSA) is 108 Å². The average Bonchev–Trinajstić information content (AvgIpc) is 3.24. The molecule has 0 unspecified atom stereocenters. The molecule has 0 aliphatic rings. The number of nitrogen functional groups attached to an aromatic ring is 1. The molecule has 0 saturated carbocycles. The second-order valence-electron chi connectivity index (χ2n) is 7.52. The van der Waals surface area contributed by atoms with E-state index in [1.807, 2.05) is 48.7 Å². The van der Waals surface area contributed by atoms with Crippen LogP contribution in [0.25, 0.3) is 10.4 Å². The Morgan fingerprint density at radius 2 is 1.87 bits per heavy atom. The first-order valence-corrected chi connectivity index (χ1v) is 10.9. The minimum atomic E-state index is -0.240. The number of carbonyl (C=O) groups excluding carboxylic acids is 2. The number of amides is 2. The van der Waals surface area contributed by atoms with Crippen LogP contribution in [0.3, 0.4) is 0 Å². The lowest BCUT2D eigenvalue weighted by Gasteiger charge is -2.13. The largest absolute Gasteiger partial charge is 0.397 e. The van der Waals surface area contributed by atoms with Gasteiger partial charge >= 0.3 is 0 Å². The van der Waals surface area contributed by atoms with Crippen molar-refractivity contribution >= 4 is 40.2 Å². The molecule has 6 nitrogen and oxygen atoms in total. The van der Waals surface area contributed by atoms with E-state index < -0.39 is 0 Å². The van der Waals surface area contributed by atoms with Crippen molar-refractivity contribution in [2.45, 2.75) is 32.7 Å². The third-order valence-electron chi connectivity index (χ3n) is 4.74. The Bertz CT molecular complexity index is 1080. The number of rotatable bonds is 8. The monoisotopic (exact) mass is 434 g/mol. The zero-order chi connectivity index (χ0) is 22.4. The number of carbonyl (C=O) groups is 2. The van der Waals surface area contributed by atoms with E-state index in [4.69, 9.17) is 11.1 Å². The number of thiophene rings is 1. The Kier molecular flexibility index (Phi) is 7.20. The van der Waals surface area contributed by atoms with Gasteiger partial charge in [0.05, 0.1) is 11.4 Å². The summed E-state index contributed by atoms with van der Waals surface area (Å²) in [4.78, 5) is 24.9. The minimum Gasteiger partial charge on any atom is -0.397 e. The van der Waals surface area contributed by atoms with Crippen molar-refractivity contribution in [3.05, 3.63) is 71.1 Å². The maximum Gasteiger partial charge on any atom is 0.255 e. The molecule has 0 saturated heterocycles. The van der Waals surface area contributed by atoms with Crippen LogP contribution >= 0.6 is 11.3 Å². The zero-order valence-corrected chi connectivity index (χ0v) is 18.4. The van der Waals surface area contributed by atoms with E-state index in [2.05, 4.69) is 10.6 Å². The number of benzene rings is 2. The molecule has 0 spiro atoms. The summed E-state index contributed by atoms with van der Waals surface area (Å²) < 4.78 is 0. The highest BCUT2D eigenvalue weighted by Gasteiger charge is 2.12. The van der Waals surface area contributed by atoms with Gasteiger partial charge in [-0.3, -0.25) is 9.59 Å². The van der Waals surface area contributed by atoms with E-state index in [0.717, 1.165) is 16.0 Å². The lowest BCUT2D eigenvalue weighted by Crippen LogP contribution is -2.32. The summed E-state index contributed by atoms with van der Waals surface area (Å²) in [6, 6.07) is 16.7. The fourth-order valence-electron chi connectivity index (χ4n) is 3.32. The Morgan fingerprint density at radius 3 is 2.52 bits per heavy atom. The predicted octanol–water partition coefficient (Wildman–Crippen LogP) is 4.73. The molecule has 3 aromatic rings. The summed E-state index contributed by atoms with van der Waals surface area (Å²) in [6.07, 6.45) is 0.962. The summed E-state index contributed by atoms with van der Waals surface area (Å²) in [5.41, 5.74) is 10.1. The van der Waals surface area contributed by atoms with E-state index in [1.54, 1.807) is 29.5 Å². The molecular weight excluding hydrogens is 408 g/mol. The van der Waals surface area contributed by atoms with Gasteiger partial charge in [-0.05, 0) is 53.8 Å². The second kappa shape index (κ2) is 10.0. The van der Waals surface area contributed by atoms with Crippen LogP contribution in [0, 0.1) is 5.41 Å². The number of hydrogen-bond donors (Lipinski definition) is 4. The molecule has 5 N–H and O–H groups in total. The van der Waals surface area contributed by atoms with Crippen LogP contribution in [0.5, 0.6) is 0 Å². The lowest BCUT2D eigenvalue weighted by atomic mass is 10.0. The van der Waals surface area contributed by atoms with Crippen molar-refractivity contribution in [3.8, 4) is 10.4 Å². The Balaban J connectivity index is 1.62. The molecule has 0 fully saturated rings. The maximum absolute atomic E-state index is 12.7. The van der Waals surface area contributed by atoms with Gasteiger partial charge in [-0.1, -0.05) is 24.3 Å². The van der Waals surface area contributed by atoms with Crippen molar-refractivity contribution in [3.63, 3.8) is 0 Å². The molecular formula is C24H26N4O2S. The summed E-state index contributed by atoms with van der Waals surface area (Å²) in [7, 11) is 0. The molecule has 1 aromatic heterocycles. The molecule has 160 valence electrons. The first-order chi connectivity index (χ1) is 14.8. The van der Waals surface area contributed by atoms with Crippen LogP contribution in [-0.2, 0) is 11.2 Å². The van der Waals surface area contributed by atoms with Crippen molar-refractivity contribution in [2.75, 3.05) is 11.1 Å². The summed E-state index contributed by atoms with van der Waals surface area (Å²) in [6.45, 7) is 3.35. The maximum atomic E-state index is 12.7. The third-order valence-corrected chi connectivity index (χ3v) is 5.66. The fraction of sp³-hybridized carbons (Fsp3) is 0.208. The van der Waals surface area contributed by atoms with Gasteiger partial charge in [-0.2, -0.15) is 0 Å². The lowest BCUT2D eigenvalue weighted by molar-refractivity contribution is -0.119. The van der Waals surface area contributed by atoms with Crippen LogP contribution in [-0.4, -0.2) is 23.6 Å². The van der Waals surface area contributed by atoms with Gasteiger partial charge < -0.3 is 21.8 Å². The van der Waals surface area contributed by atoms with Crippen LogP contribution < -0.4 is 16.4 Å². The highest BCUT2D eigenvalue weighted by Crippen LogP contribution is 2.30. The summed E-state index contributed by atoms with van der Waals surface area (Å²) in [5, 5.41) is 15.8. The average molecular weight is 435 g/mol. The third kappa shape index (κ3) is 6.26. The standard InChI is InChI=1S/C24H26N4O2S/c1-15(27-16(2)29)12-20(25)13-17-5-7-18(8-6-17)24(30)28-22-14-19(9-10-21(22)26)23-4-3-11-31-23/h3-11,14-15,25H,12-13,26H2,1-2H3,(H,27,29)(H,28,30)/t15-/m1/s1. The Hall–Kier alpha value is -3.45. The minimum absolute atomic E-state index is 0.0783.